The molecule has 2 N–H and O–H groups in total. The Morgan fingerprint density at radius 2 is 2.05 bits per heavy atom. The van der Waals surface area contributed by atoms with Crippen molar-refractivity contribution in [3.05, 3.63) is 28.2 Å². The van der Waals surface area contributed by atoms with Crippen LogP contribution in [-0.4, -0.2) is 37.5 Å². The van der Waals surface area contributed by atoms with Crippen molar-refractivity contribution in [1.82, 2.24) is 4.90 Å². The summed E-state index contributed by atoms with van der Waals surface area (Å²) in [6, 6.07) is 5.01. The van der Waals surface area contributed by atoms with E-state index >= 15 is 0 Å². The molecule has 1 aromatic carbocycles. The SMILES string of the molecule is CN(C)C(=O)CCCOC(=O)c1cccc(N)c1Br. The van der Waals surface area contributed by atoms with E-state index in [-0.39, 0.29) is 12.5 Å². The van der Waals surface area contributed by atoms with Gasteiger partial charge in [0.05, 0.1) is 16.6 Å². The van der Waals surface area contributed by atoms with E-state index in [0.29, 0.717) is 28.6 Å². The highest BCUT2D eigenvalue weighted by atomic mass is 79.9. The average molecular weight is 329 g/mol. The summed E-state index contributed by atoms with van der Waals surface area (Å²) in [6.45, 7) is 0.208. The molecule has 0 heterocycles. The first-order valence-electron chi connectivity index (χ1n) is 5.84. The highest BCUT2D eigenvalue weighted by Crippen LogP contribution is 2.24. The van der Waals surface area contributed by atoms with E-state index in [4.69, 9.17) is 10.5 Å². The fourth-order valence-electron chi connectivity index (χ4n) is 1.40. The number of nitrogens with zero attached hydrogens (tertiary/aromatic N) is 1. The molecule has 0 bridgehead atoms. The molecular weight excluding hydrogens is 312 g/mol. The second kappa shape index (κ2) is 7.13. The molecule has 0 aliphatic heterocycles. The Hall–Kier alpha value is -1.56. The first-order valence-corrected chi connectivity index (χ1v) is 6.64. The van der Waals surface area contributed by atoms with Gasteiger partial charge in [-0.15, -0.1) is 0 Å². The summed E-state index contributed by atoms with van der Waals surface area (Å²) < 4.78 is 5.63. The van der Waals surface area contributed by atoms with Gasteiger partial charge in [0.1, 0.15) is 0 Å². The number of carbonyl (C=O) groups is 2. The number of amides is 1. The molecular formula is C13H17BrN2O3. The van der Waals surface area contributed by atoms with Crippen molar-refractivity contribution in [3.8, 4) is 0 Å². The third-order valence-corrected chi connectivity index (χ3v) is 3.40. The van der Waals surface area contributed by atoms with Gasteiger partial charge in [0.15, 0.2) is 0 Å². The standard InChI is InChI=1S/C13H17BrN2O3/c1-16(2)11(17)7-4-8-19-13(18)9-5-3-6-10(15)12(9)14/h3,5-6H,4,7-8,15H2,1-2H3. The lowest BCUT2D eigenvalue weighted by Crippen LogP contribution is -2.21. The molecule has 1 amide bonds. The molecule has 0 aromatic heterocycles. The highest BCUT2D eigenvalue weighted by Gasteiger charge is 2.13. The molecule has 0 aliphatic carbocycles. The smallest absolute Gasteiger partial charge is 0.339 e. The minimum Gasteiger partial charge on any atom is -0.462 e. The van der Waals surface area contributed by atoms with Gasteiger partial charge >= 0.3 is 5.97 Å². The molecule has 6 heteroatoms. The summed E-state index contributed by atoms with van der Waals surface area (Å²) >= 11 is 3.25. The molecule has 0 unspecified atom stereocenters. The molecule has 0 saturated carbocycles. The van der Waals surface area contributed by atoms with Crippen LogP contribution in [0.3, 0.4) is 0 Å². The molecule has 0 saturated heterocycles. The molecule has 19 heavy (non-hydrogen) atoms. The first kappa shape index (κ1) is 15.5. The van der Waals surface area contributed by atoms with E-state index in [0.717, 1.165) is 0 Å². The number of hydrogen-bond donors (Lipinski definition) is 1. The quantitative estimate of drug-likeness (QED) is 0.510. The van der Waals surface area contributed by atoms with Gasteiger partial charge in [0.2, 0.25) is 5.91 Å². The molecule has 0 aliphatic rings. The second-order valence-electron chi connectivity index (χ2n) is 4.24. The molecule has 5 nitrogen and oxygen atoms in total. The molecule has 1 aromatic rings. The molecule has 104 valence electrons. The molecule has 0 atom stereocenters. The lowest BCUT2D eigenvalue weighted by molar-refractivity contribution is -0.128. The van der Waals surface area contributed by atoms with Gasteiger partial charge in [0, 0.05) is 26.2 Å². The normalized spacial score (nSPS) is 10.1. The molecule has 0 radical (unpaired) electrons. The van der Waals surface area contributed by atoms with Crippen LogP contribution in [-0.2, 0) is 9.53 Å². The number of nitrogens with two attached hydrogens (primary N) is 1. The van der Waals surface area contributed by atoms with Crippen molar-refractivity contribution >= 4 is 33.5 Å². The third-order valence-electron chi connectivity index (χ3n) is 2.52. The topological polar surface area (TPSA) is 72.6 Å². The monoisotopic (exact) mass is 328 g/mol. The number of benzene rings is 1. The van der Waals surface area contributed by atoms with Gasteiger partial charge in [-0.1, -0.05) is 6.07 Å². The molecule has 0 fully saturated rings. The Morgan fingerprint density at radius 3 is 2.68 bits per heavy atom. The van der Waals surface area contributed by atoms with Gasteiger partial charge in [-0.3, -0.25) is 4.79 Å². The van der Waals surface area contributed by atoms with Crippen LogP contribution in [0.1, 0.15) is 23.2 Å². The van der Waals surface area contributed by atoms with E-state index < -0.39 is 5.97 Å². The van der Waals surface area contributed by atoms with E-state index in [1.54, 1.807) is 32.3 Å². The number of halogens is 1. The predicted octanol–water partition coefficient (Wildman–Crippen LogP) is 2.06. The highest BCUT2D eigenvalue weighted by molar-refractivity contribution is 9.10. The van der Waals surface area contributed by atoms with Crippen molar-refractivity contribution < 1.29 is 14.3 Å². The van der Waals surface area contributed by atoms with Gasteiger partial charge < -0.3 is 15.4 Å². The molecule has 1 rings (SSSR count). The second-order valence-corrected chi connectivity index (χ2v) is 5.03. The maximum Gasteiger partial charge on any atom is 0.339 e. The Balaban J connectivity index is 2.44. The minimum atomic E-state index is -0.448. The first-order chi connectivity index (χ1) is 8.93. The number of nitrogen functional groups attached to an aromatic ring is 1. The van der Waals surface area contributed by atoms with Crippen LogP contribution in [0, 0.1) is 0 Å². The van der Waals surface area contributed by atoms with Gasteiger partial charge in [-0.25, -0.2) is 4.79 Å². The summed E-state index contributed by atoms with van der Waals surface area (Å²) in [5.41, 5.74) is 6.55. The summed E-state index contributed by atoms with van der Waals surface area (Å²) in [6.07, 6.45) is 0.862. The number of anilines is 1. The predicted molar refractivity (Wildman–Crippen MR) is 76.8 cm³/mol. The largest absolute Gasteiger partial charge is 0.462 e. The maximum atomic E-state index is 11.8. The van der Waals surface area contributed by atoms with Crippen LogP contribution < -0.4 is 5.73 Å². The summed E-state index contributed by atoms with van der Waals surface area (Å²) in [5.74, 6) is -0.433. The van der Waals surface area contributed by atoms with Crippen molar-refractivity contribution in [3.63, 3.8) is 0 Å². The summed E-state index contributed by atoms with van der Waals surface area (Å²) in [5, 5.41) is 0. The summed E-state index contributed by atoms with van der Waals surface area (Å²) in [7, 11) is 3.39. The van der Waals surface area contributed by atoms with Gasteiger partial charge in [-0.2, -0.15) is 0 Å². The fourth-order valence-corrected chi connectivity index (χ4v) is 1.82. The van der Waals surface area contributed by atoms with Crippen LogP contribution in [0.15, 0.2) is 22.7 Å². The van der Waals surface area contributed by atoms with E-state index in [1.165, 1.54) is 4.90 Å². The lowest BCUT2D eigenvalue weighted by Gasteiger charge is -2.10. The van der Waals surface area contributed by atoms with Crippen LogP contribution in [0.5, 0.6) is 0 Å². The van der Waals surface area contributed by atoms with Crippen LogP contribution >= 0.6 is 15.9 Å². The van der Waals surface area contributed by atoms with E-state index in [9.17, 15) is 9.59 Å². The number of rotatable bonds is 5. The van der Waals surface area contributed by atoms with Crippen LogP contribution in [0.4, 0.5) is 5.69 Å². The average Bonchev–Trinajstić information content (AvgIpc) is 2.37. The van der Waals surface area contributed by atoms with E-state index in [2.05, 4.69) is 15.9 Å². The number of hydrogen-bond acceptors (Lipinski definition) is 4. The summed E-state index contributed by atoms with van der Waals surface area (Å²) in [4.78, 5) is 24.6. The van der Waals surface area contributed by atoms with Crippen molar-refractivity contribution in [1.29, 1.82) is 0 Å². The van der Waals surface area contributed by atoms with Crippen molar-refractivity contribution in [2.24, 2.45) is 0 Å². The van der Waals surface area contributed by atoms with Crippen LogP contribution in [0.25, 0.3) is 0 Å². The Kier molecular flexibility index (Phi) is 5.82. The zero-order valence-corrected chi connectivity index (χ0v) is 12.6. The number of carbonyl (C=O) groups excluding carboxylic acids is 2. The molecule has 0 spiro atoms. The Morgan fingerprint density at radius 1 is 1.37 bits per heavy atom. The van der Waals surface area contributed by atoms with Gasteiger partial charge in [-0.05, 0) is 34.5 Å². The zero-order chi connectivity index (χ0) is 14.4. The zero-order valence-electron chi connectivity index (χ0n) is 11.0. The van der Waals surface area contributed by atoms with Gasteiger partial charge in [0.25, 0.3) is 0 Å². The van der Waals surface area contributed by atoms with Crippen molar-refractivity contribution in [2.45, 2.75) is 12.8 Å². The number of esters is 1. The Labute approximate surface area is 120 Å². The lowest BCUT2D eigenvalue weighted by atomic mass is 10.2. The fraction of sp³-hybridized carbons (Fsp3) is 0.385. The Bertz CT molecular complexity index is 475. The maximum absolute atomic E-state index is 11.8. The third kappa shape index (κ3) is 4.55. The van der Waals surface area contributed by atoms with Crippen molar-refractivity contribution in [2.75, 3.05) is 26.4 Å². The van der Waals surface area contributed by atoms with E-state index in [1.807, 2.05) is 0 Å². The minimum absolute atomic E-state index is 0.0150. The van der Waals surface area contributed by atoms with Crippen LogP contribution in [0.2, 0.25) is 0 Å². The number of ether oxygens (including phenoxy) is 1.